The van der Waals surface area contributed by atoms with E-state index in [2.05, 4.69) is 4.98 Å². The molecule has 0 aliphatic rings. The minimum atomic E-state index is -0.534. The van der Waals surface area contributed by atoms with Crippen LogP contribution >= 0.6 is 23.1 Å². The number of nitro groups is 1. The van der Waals surface area contributed by atoms with Crippen LogP contribution in [-0.4, -0.2) is 22.1 Å². The molecule has 2 aromatic carbocycles. The lowest BCUT2D eigenvalue weighted by Crippen LogP contribution is -2.26. The summed E-state index contributed by atoms with van der Waals surface area (Å²) in [4.78, 5) is 30.8. The number of aromatic nitrogens is 1. The number of aryl methyl sites for hydroxylation is 1. The van der Waals surface area contributed by atoms with Gasteiger partial charge in [0.25, 0.3) is 11.6 Å². The number of para-hydroxylation sites is 1. The number of benzene rings is 2. The Bertz CT molecular complexity index is 957. The van der Waals surface area contributed by atoms with Crippen molar-refractivity contribution in [2.75, 3.05) is 11.2 Å². The second-order valence-corrected chi connectivity index (χ2v) is 7.10. The smallest absolute Gasteiger partial charge is 0.268 e. The van der Waals surface area contributed by atoms with Crippen LogP contribution < -0.4 is 4.90 Å². The number of thioether (sulfide) groups is 1. The van der Waals surface area contributed by atoms with E-state index in [0.717, 1.165) is 10.6 Å². The highest BCUT2D eigenvalue weighted by Gasteiger charge is 2.28. The Morgan fingerprint density at radius 2 is 1.96 bits per heavy atom. The largest absolute Gasteiger partial charge is 0.282 e. The maximum Gasteiger partial charge on any atom is 0.282 e. The molecule has 3 aromatic rings. The van der Waals surface area contributed by atoms with E-state index in [-0.39, 0.29) is 11.3 Å². The van der Waals surface area contributed by atoms with Gasteiger partial charge < -0.3 is 0 Å². The van der Waals surface area contributed by atoms with E-state index in [0.29, 0.717) is 10.8 Å². The molecule has 6 nitrogen and oxygen atoms in total. The van der Waals surface area contributed by atoms with E-state index in [1.54, 1.807) is 24.3 Å². The fourth-order valence-electron chi connectivity index (χ4n) is 2.43. The molecule has 26 heavy (non-hydrogen) atoms. The van der Waals surface area contributed by atoms with Gasteiger partial charge in [-0.3, -0.25) is 19.8 Å². The van der Waals surface area contributed by atoms with Crippen LogP contribution in [-0.2, 0) is 0 Å². The topological polar surface area (TPSA) is 76.3 Å². The Hall–Kier alpha value is -2.71. The zero-order chi connectivity index (χ0) is 18.7. The average molecular weight is 385 g/mol. The molecule has 0 fully saturated rings. The van der Waals surface area contributed by atoms with Crippen molar-refractivity contribution in [1.82, 2.24) is 4.98 Å². The second kappa shape index (κ2) is 7.67. The molecule has 1 aromatic heterocycles. The van der Waals surface area contributed by atoms with Gasteiger partial charge >= 0.3 is 0 Å². The fourth-order valence-corrected chi connectivity index (χ4v) is 3.69. The van der Waals surface area contributed by atoms with Gasteiger partial charge in [-0.25, -0.2) is 4.98 Å². The third-order valence-corrected chi connectivity index (χ3v) is 5.32. The number of anilines is 2. The van der Waals surface area contributed by atoms with Gasteiger partial charge in [-0.15, -0.1) is 23.1 Å². The summed E-state index contributed by atoms with van der Waals surface area (Å²) in [6, 6.07) is 13.6. The molecule has 0 N–H and O–H groups in total. The van der Waals surface area contributed by atoms with Crippen molar-refractivity contribution in [3.63, 3.8) is 0 Å². The first-order valence-corrected chi connectivity index (χ1v) is 9.75. The maximum atomic E-state index is 13.3. The average Bonchev–Trinajstić information content (AvgIpc) is 3.08. The Kier molecular flexibility index (Phi) is 5.34. The zero-order valence-electron chi connectivity index (χ0n) is 14.1. The molecular formula is C18H15N3O3S2. The lowest BCUT2D eigenvalue weighted by molar-refractivity contribution is -0.385. The molecule has 3 rings (SSSR count). The number of rotatable bonds is 5. The first-order valence-electron chi connectivity index (χ1n) is 7.65. The highest BCUT2D eigenvalue weighted by molar-refractivity contribution is 7.98. The summed E-state index contributed by atoms with van der Waals surface area (Å²) in [7, 11) is 0. The summed E-state index contributed by atoms with van der Waals surface area (Å²) in [5.41, 5.74) is 1.21. The van der Waals surface area contributed by atoms with E-state index < -0.39 is 10.8 Å². The summed E-state index contributed by atoms with van der Waals surface area (Å²) in [5, 5.41) is 13.8. The first-order chi connectivity index (χ1) is 12.5. The maximum absolute atomic E-state index is 13.3. The minimum Gasteiger partial charge on any atom is -0.268 e. The standard InChI is InChI=1S/C18H15N3O3S2/c1-12-11-26-18(19-12)20(13-6-4-3-5-7-13)17(22)15-10-14(25-2)8-9-16(15)21(23)24/h3-11H,1-2H3. The number of thiazole rings is 1. The Morgan fingerprint density at radius 3 is 2.54 bits per heavy atom. The van der Waals surface area contributed by atoms with Crippen molar-refractivity contribution in [3.8, 4) is 0 Å². The van der Waals surface area contributed by atoms with Crippen LogP contribution in [0.15, 0.2) is 58.8 Å². The van der Waals surface area contributed by atoms with Crippen molar-refractivity contribution < 1.29 is 9.72 Å². The van der Waals surface area contributed by atoms with E-state index in [1.807, 2.05) is 36.8 Å². The molecule has 0 bridgehead atoms. The van der Waals surface area contributed by atoms with Crippen molar-refractivity contribution in [2.45, 2.75) is 11.8 Å². The highest BCUT2D eigenvalue weighted by Crippen LogP contribution is 2.33. The molecular weight excluding hydrogens is 370 g/mol. The van der Waals surface area contributed by atoms with Crippen molar-refractivity contribution in [1.29, 1.82) is 0 Å². The predicted octanol–water partition coefficient (Wildman–Crippen LogP) is 5.06. The number of amides is 1. The summed E-state index contributed by atoms with van der Waals surface area (Å²) in [5.74, 6) is -0.479. The molecule has 0 aliphatic heterocycles. The molecule has 0 atom stereocenters. The molecule has 0 saturated heterocycles. The molecule has 8 heteroatoms. The SMILES string of the molecule is CSc1ccc([N+](=O)[O-])c(C(=O)N(c2ccccc2)c2nc(C)cs2)c1. The number of hydrogen-bond donors (Lipinski definition) is 0. The van der Waals surface area contributed by atoms with Crippen LogP contribution in [0.25, 0.3) is 0 Å². The number of carbonyl (C=O) groups excluding carboxylic acids is 1. The molecule has 0 saturated carbocycles. The second-order valence-electron chi connectivity index (χ2n) is 5.39. The normalized spacial score (nSPS) is 10.5. The molecule has 1 heterocycles. The first kappa shape index (κ1) is 18.1. The predicted molar refractivity (Wildman–Crippen MR) is 105 cm³/mol. The fraction of sp³-hybridized carbons (Fsp3) is 0.111. The third-order valence-electron chi connectivity index (χ3n) is 3.65. The lowest BCUT2D eigenvalue weighted by atomic mass is 10.1. The Labute approximate surface area is 158 Å². The molecule has 0 radical (unpaired) electrons. The van der Waals surface area contributed by atoms with Gasteiger partial charge in [0, 0.05) is 16.3 Å². The van der Waals surface area contributed by atoms with Crippen molar-refractivity contribution in [3.05, 3.63) is 75.3 Å². The van der Waals surface area contributed by atoms with Crippen molar-refractivity contribution >= 4 is 45.5 Å². The van der Waals surface area contributed by atoms with Crippen LogP contribution in [0.4, 0.5) is 16.5 Å². The van der Waals surface area contributed by atoms with Crippen LogP contribution in [0.2, 0.25) is 0 Å². The summed E-state index contributed by atoms with van der Waals surface area (Å²) in [6.07, 6.45) is 1.86. The number of nitrogens with zero attached hydrogens (tertiary/aromatic N) is 3. The van der Waals surface area contributed by atoms with Crippen LogP contribution in [0.3, 0.4) is 0 Å². The van der Waals surface area contributed by atoms with Crippen LogP contribution in [0.1, 0.15) is 16.1 Å². The zero-order valence-corrected chi connectivity index (χ0v) is 15.7. The van der Waals surface area contributed by atoms with Gasteiger partial charge in [-0.1, -0.05) is 18.2 Å². The lowest BCUT2D eigenvalue weighted by Gasteiger charge is -2.20. The molecule has 1 amide bonds. The summed E-state index contributed by atoms with van der Waals surface area (Å²) in [6.45, 7) is 1.84. The van der Waals surface area contributed by atoms with Gasteiger partial charge in [-0.05, 0) is 37.4 Å². The Morgan fingerprint density at radius 1 is 1.23 bits per heavy atom. The van der Waals surface area contributed by atoms with E-state index >= 15 is 0 Å². The monoisotopic (exact) mass is 385 g/mol. The molecule has 0 unspecified atom stereocenters. The quantitative estimate of drug-likeness (QED) is 0.348. The molecule has 0 aliphatic carbocycles. The van der Waals surface area contributed by atoms with E-state index in [9.17, 15) is 14.9 Å². The number of nitro benzene ring substituents is 1. The van der Waals surface area contributed by atoms with E-state index in [1.165, 1.54) is 34.1 Å². The van der Waals surface area contributed by atoms with Crippen LogP contribution in [0, 0.1) is 17.0 Å². The Balaban J connectivity index is 2.16. The van der Waals surface area contributed by atoms with E-state index in [4.69, 9.17) is 0 Å². The van der Waals surface area contributed by atoms with Gasteiger partial charge in [0.1, 0.15) is 5.56 Å². The van der Waals surface area contributed by atoms with Gasteiger partial charge in [0.2, 0.25) is 0 Å². The molecule has 132 valence electrons. The summed E-state index contributed by atoms with van der Waals surface area (Å²) >= 11 is 2.74. The number of hydrogen-bond acceptors (Lipinski definition) is 6. The van der Waals surface area contributed by atoms with Crippen molar-refractivity contribution in [2.24, 2.45) is 0 Å². The van der Waals surface area contributed by atoms with Crippen LogP contribution in [0.5, 0.6) is 0 Å². The minimum absolute atomic E-state index is 0.0403. The van der Waals surface area contributed by atoms with Gasteiger partial charge in [0.05, 0.1) is 16.3 Å². The highest BCUT2D eigenvalue weighted by atomic mass is 32.2. The van der Waals surface area contributed by atoms with Gasteiger partial charge in [0.15, 0.2) is 5.13 Å². The van der Waals surface area contributed by atoms with Gasteiger partial charge in [-0.2, -0.15) is 0 Å². The summed E-state index contributed by atoms with van der Waals surface area (Å²) < 4.78 is 0. The third kappa shape index (κ3) is 3.61. The number of carbonyl (C=O) groups is 1. The molecule has 0 spiro atoms.